The molecule has 0 aliphatic carbocycles. The Bertz CT molecular complexity index is 556. The lowest BCUT2D eigenvalue weighted by atomic mass is 9.87. The van der Waals surface area contributed by atoms with E-state index in [-0.39, 0.29) is 11.4 Å². The van der Waals surface area contributed by atoms with E-state index in [1.165, 1.54) is 11.1 Å². The Balaban J connectivity index is 2.68. The Hall–Kier alpha value is -1.77. The number of hydrogen-bond acceptors (Lipinski definition) is 2. The van der Waals surface area contributed by atoms with Gasteiger partial charge >= 0.3 is 0 Å². The molecule has 1 aromatic rings. The summed E-state index contributed by atoms with van der Waals surface area (Å²) in [4.78, 5) is 12.1. The average Bonchev–Trinajstić information content (AvgIpc) is 2.35. The summed E-state index contributed by atoms with van der Waals surface area (Å²) in [6, 6.07) is 4.16. The molecule has 19 heavy (non-hydrogen) atoms. The molecule has 2 N–H and O–H groups in total. The van der Waals surface area contributed by atoms with Gasteiger partial charge in [0.1, 0.15) is 0 Å². The smallest absolute Gasteiger partial charge is 0.253 e. The first kappa shape index (κ1) is 13.7. The molecule has 0 aromatic heterocycles. The molecule has 0 unspecified atom stereocenters. The minimum atomic E-state index is -0.131. The Morgan fingerprint density at radius 1 is 1.37 bits per heavy atom. The molecular formula is C16H22N2O. The van der Waals surface area contributed by atoms with Crippen LogP contribution < -0.4 is 10.6 Å². The van der Waals surface area contributed by atoms with Gasteiger partial charge in [-0.3, -0.25) is 4.79 Å². The van der Waals surface area contributed by atoms with E-state index in [1.807, 2.05) is 6.07 Å². The molecule has 0 spiro atoms. The number of hydrogen-bond donors (Lipinski definition) is 2. The molecule has 1 heterocycles. The number of allylic oxidation sites excluding steroid dienone is 1. The molecule has 0 bridgehead atoms. The maximum absolute atomic E-state index is 12.1. The molecule has 102 valence electrons. The lowest BCUT2D eigenvalue weighted by Gasteiger charge is -2.33. The summed E-state index contributed by atoms with van der Waals surface area (Å²) in [6.07, 6.45) is 3.14. The highest BCUT2D eigenvalue weighted by Crippen LogP contribution is 2.37. The van der Waals surface area contributed by atoms with Crippen molar-refractivity contribution in [3.05, 3.63) is 34.9 Å². The van der Waals surface area contributed by atoms with Crippen molar-refractivity contribution in [2.45, 2.75) is 39.7 Å². The predicted molar refractivity (Wildman–Crippen MR) is 80.6 cm³/mol. The second-order valence-corrected chi connectivity index (χ2v) is 5.67. The van der Waals surface area contributed by atoms with Gasteiger partial charge in [-0.2, -0.15) is 0 Å². The van der Waals surface area contributed by atoms with Gasteiger partial charge in [0.2, 0.25) is 0 Å². The fourth-order valence-electron chi connectivity index (χ4n) is 2.64. The molecule has 0 fully saturated rings. The Morgan fingerprint density at radius 3 is 2.63 bits per heavy atom. The lowest BCUT2D eigenvalue weighted by molar-refractivity contribution is 0.0963. The van der Waals surface area contributed by atoms with E-state index < -0.39 is 0 Å². The zero-order valence-corrected chi connectivity index (χ0v) is 12.3. The minimum Gasteiger partial charge on any atom is -0.376 e. The molecule has 1 amide bonds. The number of amides is 1. The van der Waals surface area contributed by atoms with Gasteiger partial charge < -0.3 is 10.6 Å². The highest BCUT2D eigenvalue weighted by atomic mass is 16.1. The summed E-state index contributed by atoms with van der Waals surface area (Å²) in [5, 5.41) is 6.19. The zero-order valence-electron chi connectivity index (χ0n) is 12.3. The number of aryl methyl sites for hydroxylation is 1. The van der Waals surface area contributed by atoms with E-state index in [1.54, 1.807) is 7.05 Å². The predicted octanol–water partition coefficient (Wildman–Crippen LogP) is 3.22. The number of nitrogens with one attached hydrogen (secondary N) is 2. The number of carbonyl (C=O) groups is 1. The van der Waals surface area contributed by atoms with E-state index in [0.29, 0.717) is 0 Å². The Morgan fingerprint density at radius 2 is 2.05 bits per heavy atom. The van der Waals surface area contributed by atoms with Crippen molar-refractivity contribution in [2.75, 3.05) is 12.4 Å². The van der Waals surface area contributed by atoms with E-state index in [4.69, 9.17) is 0 Å². The van der Waals surface area contributed by atoms with Gasteiger partial charge in [-0.15, -0.1) is 0 Å². The van der Waals surface area contributed by atoms with Gasteiger partial charge in [-0.05, 0) is 50.5 Å². The third-order valence-electron chi connectivity index (χ3n) is 3.53. The second-order valence-electron chi connectivity index (χ2n) is 5.67. The van der Waals surface area contributed by atoms with Crippen LogP contribution in [0.2, 0.25) is 0 Å². The summed E-state index contributed by atoms with van der Waals surface area (Å²) < 4.78 is 0. The summed E-state index contributed by atoms with van der Waals surface area (Å²) in [5.41, 5.74) is 5.09. The summed E-state index contributed by atoms with van der Waals surface area (Å²) in [6.45, 7) is 8.44. The van der Waals surface area contributed by atoms with Crippen molar-refractivity contribution in [1.82, 2.24) is 5.32 Å². The first-order valence-corrected chi connectivity index (χ1v) is 6.75. The van der Waals surface area contributed by atoms with Gasteiger partial charge in [0.15, 0.2) is 0 Å². The first-order valence-electron chi connectivity index (χ1n) is 6.75. The monoisotopic (exact) mass is 258 g/mol. The molecule has 1 aromatic carbocycles. The summed E-state index contributed by atoms with van der Waals surface area (Å²) in [7, 11) is 1.67. The highest BCUT2D eigenvalue weighted by molar-refractivity contribution is 6.03. The molecule has 0 atom stereocenters. The van der Waals surface area contributed by atoms with E-state index >= 15 is 0 Å². The molecule has 0 saturated carbocycles. The van der Waals surface area contributed by atoms with Gasteiger partial charge in [-0.25, -0.2) is 0 Å². The average molecular weight is 258 g/mol. The van der Waals surface area contributed by atoms with Crippen molar-refractivity contribution in [3.8, 4) is 0 Å². The van der Waals surface area contributed by atoms with Gasteiger partial charge in [-0.1, -0.05) is 13.0 Å². The third kappa shape index (κ3) is 2.50. The number of rotatable bonds is 2. The van der Waals surface area contributed by atoms with Gasteiger partial charge in [0.25, 0.3) is 5.91 Å². The van der Waals surface area contributed by atoms with E-state index in [9.17, 15) is 4.79 Å². The van der Waals surface area contributed by atoms with Crippen molar-refractivity contribution in [2.24, 2.45) is 0 Å². The maximum atomic E-state index is 12.1. The van der Waals surface area contributed by atoms with Crippen LogP contribution in [0.3, 0.4) is 0 Å². The van der Waals surface area contributed by atoms with E-state index in [2.05, 4.69) is 50.5 Å². The SMILES string of the molecule is CCc1cc(C(=O)NC)c2c(c1)C(C)=CC(C)(C)N2. The van der Waals surface area contributed by atoms with Gasteiger partial charge in [0.05, 0.1) is 16.8 Å². The van der Waals surface area contributed by atoms with Crippen LogP contribution in [0.5, 0.6) is 0 Å². The number of benzene rings is 1. The van der Waals surface area contributed by atoms with Crippen LogP contribution in [0.15, 0.2) is 18.2 Å². The normalized spacial score (nSPS) is 16.2. The van der Waals surface area contributed by atoms with Crippen molar-refractivity contribution in [1.29, 1.82) is 0 Å². The van der Waals surface area contributed by atoms with Crippen LogP contribution in [-0.2, 0) is 6.42 Å². The Kier molecular flexibility index (Phi) is 3.40. The molecule has 1 aliphatic heterocycles. The zero-order chi connectivity index (χ0) is 14.2. The largest absolute Gasteiger partial charge is 0.376 e. The van der Waals surface area contributed by atoms with Crippen molar-refractivity contribution >= 4 is 17.2 Å². The van der Waals surface area contributed by atoms with Crippen LogP contribution in [-0.4, -0.2) is 18.5 Å². The van der Waals surface area contributed by atoms with Crippen LogP contribution in [0.25, 0.3) is 5.57 Å². The van der Waals surface area contributed by atoms with Gasteiger partial charge in [0, 0.05) is 12.6 Å². The highest BCUT2D eigenvalue weighted by Gasteiger charge is 2.26. The fourth-order valence-corrected chi connectivity index (χ4v) is 2.64. The van der Waals surface area contributed by atoms with Crippen molar-refractivity contribution < 1.29 is 4.79 Å². The summed E-state index contributed by atoms with van der Waals surface area (Å²) >= 11 is 0. The molecule has 3 nitrogen and oxygen atoms in total. The quantitative estimate of drug-likeness (QED) is 0.855. The number of carbonyl (C=O) groups excluding carboxylic acids is 1. The first-order chi connectivity index (χ1) is 8.88. The maximum Gasteiger partial charge on any atom is 0.253 e. The molecule has 0 saturated heterocycles. The Labute approximate surface area is 115 Å². The van der Waals surface area contributed by atoms with Crippen LogP contribution in [0, 0.1) is 0 Å². The number of fused-ring (bicyclic) bond motifs is 1. The molecule has 1 aliphatic rings. The minimum absolute atomic E-state index is 0.0375. The second kappa shape index (κ2) is 4.72. The molecule has 3 heteroatoms. The van der Waals surface area contributed by atoms with Crippen LogP contribution in [0.1, 0.15) is 49.2 Å². The van der Waals surface area contributed by atoms with Crippen LogP contribution in [0.4, 0.5) is 5.69 Å². The van der Waals surface area contributed by atoms with E-state index in [0.717, 1.165) is 23.2 Å². The number of anilines is 1. The van der Waals surface area contributed by atoms with Crippen molar-refractivity contribution in [3.63, 3.8) is 0 Å². The topological polar surface area (TPSA) is 41.1 Å². The summed E-state index contributed by atoms with van der Waals surface area (Å²) in [5.74, 6) is -0.0375. The van der Waals surface area contributed by atoms with Crippen LogP contribution >= 0.6 is 0 Å². The third-order valence-corrected chi connectivity index (χ3v) is 3.53. The molecule has 2 rings (SSSR count). The molecular weight excluding hydrogens is 236 g/mol. The standard InChI is InChI=1S/C16H22N2O/c1-6-11-7-12-10(2)9-16(3,4)18-14(12)13(8-11)15(19)17-5/h7-9,18H,6H2,1-5H3,(H,17,19). The molecule has 0 radical (unpaired) electrons. The fraction of sp³-hybridized carbons (Fsp3) is 0.438. The lowest BCUT2D eigenvalue weighted by Crippen LogP contribution is -2.33.